The van der Waals surface area contributed by atoms with Gasteiger partial charge in [0.1, 0.15) is 0 Å². The molecule has 1 rings (SSSR count). The van der Waals surface area contributed by atoms with Crippen molar-refractivity contribution in [1.82, 2.24) is 9.03 Å². The Morgan fingerprint density at radius 1 is 1.29 bits per heavy atom. The van der Waals surface area contributed by atoms with Gasteiger partial charge in [0.05, 0.1) is 5.92 Å². The minimum Gasteiger partial charge on any atom is -0.481 e. The summed E-state index contributed by atoms with van der Waals surface area (Å²) >= 11 is 0. The Labute approximate surface area is 128 Å². The van der Waals surface area contributed by atoms with Crippen molar-refractivity contribution < 1.29 is 18.3 Å². The Hall–Kier alpha value is -0.660. The van der Waals surface area contributed by atoms with Gasteiger partial charge in [-0.3, -0.25) is 4.79 Å². The van der Waals surface area contributed by atoms with Gasteiger partial charge in [-0.2, -0.15) is 17.4 Å². The van der Waals surface area contributed by atoms with Crippen molar-refractivity contribution in [3.8, 4) is 0 Å². The van der Waals surface area contributed by atoms with Crippen molar-refractivity contribution in [3.05, 3.63) is 0 Å². The number of hydrogen-bond acceptors (Lipinski definition) is 3. The van der Waals surface area contributed by atoms with Crippen LogP contribution in [0.4, 0.5) is 0 Å². The topological polar surface area (TPSA) is 86.7 Å². The molecule has 0 spiro atoms. The van der Waals surface area contributed by atoms with E-state index in [9.17, 15) is 13.2 Å². The molecule has 0 aromatic heterocycles. The van der Waals surface area contributed by atoms with E-state index in [4.69, 9.17) is 5.11 Å². The lowest BCUT2D eigenvalue weighted by molar-refractivity contribution is -0.141. The van der Waals surface area contributed by atoms with Crippen LogP contribution in [0, 0.1) is 11.8 Å². The highest BCUT2D eigenvalue weighted by atomic mass is 32.2. The number of aliphatic carboxylic acids is 1. The lowest BCUT2D eigenvalue weighted by Gasteiger charge is -2.30. The normalized spacial score (nSPS) is 21.1. The third kappa shape index (κ3) is 6.32. The third-order valence-electron chi connectivity index (χ3n) is 4.13. The van der Waals surface area contributed by atoms with Crippen LogP contribution in [0.15, 0.2) is 0 Å². The van der Waals surface area contributed by atoms with Crippen LogP contribution in [0.2, 0.25) is 0 Å². The number of piperidine rings is 1. The van der Waals surface area contributed by atoms with Crippen LogP contribution < -0.4 is 4.72 Å². The van der Waals surface area contributed by atoms with Crippen LogP contribution in [0.5, 0.6) is 0 Å². The zero-order valence-electron chi connectivity index (χ0n) is 13.2. The summed E-state index contributed by atoms with van der Waals surface area (Å²) in [5.74, 6) is -0.588. The fourth-order valence-corrected chi connectivity index (χ4v) is 3.93. The molecule has 21 heavy (non-hydrogen) atoms. The fraction of sp³-hybridized carbons (Fsp3) is 0.929. The summed E-state index contributed by atoms with van der Waals surface area (Å²) in [6, 6.07) is -0.171. The number of carboxylic acid groups (broad SMARTS) is 1. The highest BCUT2D eigenvalue weighted by Crippen LogP contribution is 2.18. The third-order valence-corrected chi connectivity index (χ3v) is 5.87. The Balaban J connectivity index is 2.35. The molecule has 0 bridgehead atoms. The molecule has 1 heterocycles. The van der Waals surface area contributed by atoms with Crippen LogP contribution in [-0.2, 0) is 15.0 Å². The monoisotopic (exact) mass is 320 g/mol. The van der Waals surface area contributed by atoms with Crippen LogP contribution in [0.3, 0.4) is 0 Å². The minimum atomic E-state index is -3.41. The van der Waals surface area contributed by atoms with Gasteiger partial charge in [0.15, 0.2) is 0 Å². The molecule has 1 saturated heterocycles. The number of nitrogens with one attached hydrogen (secondary N) is 1. The number of carbonyl (C=O) groups is 1. The van der Waals surface area contributed by atoms with Gasteiger partial charge in [0.25, 0.3) is 10.2 Å². The van der Waals surface area contributed by atoms with Gasteiger partial charge in [-0.15, -0.1) is 0 Å². The predicted molar refractivity (Wildman–Crippen MR) is 82.1 cm³/mol. The lowest BCUT2D eigenvalue weighted by atomic mass is 10.0. The van der Waals surface area contributed by atoms with Gasteiger partial charge in [-0.25, -0.2) is 0 Å². The molecule has 2 unspecified atom stereocenters. The first kappa shape index (κ1) is 18.4. The van der Waals surface area contributed by atoms with Crippen LogP contribution in [-0.4, -0.2) is 42.9 Å². The number of carboxylic acids is 1. The first-order valence-electron chi connectivity index (χ1n) is 7.72. The van der Waals surface area contributed by atoms with Crippen LogP contribution in [0.25, 0.3) is 0 Å². The second-order valence-electron chi connectivity index (χ2n) is 6.28. The highest BCUT2D eigenvalue weighted by Gasteiger charge is 2.27. The van der Waals surface area contributed by atoms with Crippen molar-refractivity contribution in [3.63, 3.8) is 0 Å². The first-order chi connectivity index (χ1) is 9.72. The molecule has 0 aromatic rings. The summed E-state index contributed by atoms with van der Waals surface area (Å²) in [6.07, 6.45) is 3.74. The molecule has 1 aliphatic heterocycles. The van der Waals surface area contributed by atoms with E-state index in [-0.39, 0.29) is 12.0 Å². The zero-order valence-corrected chi connectivity index (χ0v) is 14.0. The Morgan fingerprint density at radius 3 is 2.38 bits per heavy atom. The summed E-state index contributed by atoms with van der Waals surface area (Å²) in [5, 5.41) is 8.81. The zero-order chi connectivity index (χ0) is 16.0. The quantitative estimate of drug-likeness (QED) is 0.714. The average molecular weight is 320 g/mol. The summed E-state index contributed by atoms with van der Waals surface area (Å²) < 4.78 is 28.7. The van der Waals surface area contributed by atoms with Gasteiger partial charge in [-0.1, -0.05) is 20.3 Å². The summed E-state index contributed by atoms with van der Waals surface area (Å²) in [4.78, 5) is 10.7. The maximum Gasteiger partial charge on any atom is 0.306 e. The Bertz CT molecular complexity index is 430. The molecule has 124 valence electrons. The van der Waals surface area contributed by atoms with Gasteiger partial charge in [0.2, 0.25) is 0 Å². The van der Waals surface area contributed by atoms with E-state index in [0.717, 1.165) is 12.8 Å². The predicted octanol–water partition coefficient (Wildman–Crippen LogP) is 1.83. The van der Waals surface area contributed by atoms with Crippen molar-refractivity contribution in [1.29, 1.82) is 0 Å². The SMILES string of the molecule is CC1CCN(S(=O)(=O)NC(C)CCCC(C)C(=O)O)CC1. The molecular formula is C14H28N2O4S. The Morgan fingerprint density at radius 2 is 1.86 bits per heavy atom. The average Bonchev–Trinajstić information content (AvgIpc) is 2.38. The van der Waals surface area contributed by atoms with E-state index in [1.54, 1.807) is 6.92 Å². The molecule has 1 fully saturated rings. The highest BCUT2D eigenvalue weighted by molar-refractivity contribution is 7.87. The molecule has 0 saturated carbocycles. The minimum absolute atomic E-state index is 0.171. The molecule has 0 aliphatic carbocycles. The van der Waals surface area contributed by atoms with Crippen molar-refractivity contribution in [2.45, 2.75) is 58.9 Å². The van der Waals surface area contributed by atoms with E-state index in [1.807, 2.05) is 6.92 Å². The molecule has 1 aliphatic rings. The van der Waals surface area contributed by atoms with Gasteiger partial charge < -0.3 is 5.11 Å². The molecular weight excluding hydrogens is 292 g/mol. The van der Waals surface area contributed by atoms with Crippen LogP contribution >= 0.6 is 0 Å². The smallest absolute Gasteiger partial charge is 0.306 e. The molecule has 0 aromatic carbocycles. The second kappa shape index (κ2) is 8.10. The summed E-state index contributed by atoms with van der Waals surface area (Å²) in [5.41, 5.74) is 0. The largest absolute Gasteiger partial charge is 0.481 e. The van der Waals surface area contributed by atoms with E-state index < -0.39 is 16.2 Å². The molecule has 2 atom stereocenters. The second-order valence-corrected chi connectivity index (χ2v) is 7.98. The lowest BCUT2D eigenvalue weighted by Crippen LogP contribution is -2.47. The molecule has 0 amide bonds. The van der Waals surface area contributed by atoms with Crippen molar-refractivity contribution in [2.75, 3.05) is 13.1 Å². The van der Waals surface area contributed by atoms with E-state index in [2.05, 4.69) is 11.6 Å². The van der Waals surface area contributed by atoms with E-state index in [1.165, 1.54) is 4.31 Å². The first-order valence-corrected chi connectivity index (χ1v) is 9.16. The van der Waals surface area contributed by atoms with Gasteiger partial charge >= 0.3 is 5.97 Å². The standard InChI is InChI=1S/C14H28N2O4S/c1-11-7-9-16(10-8-11)21(19,20)15-13(3)6-4-5-12(2)14(17)18/h11-13,15H,4-10H2,1-3H3,(H,17,18). The molecule has 2 N–H and O–H groups in total. The maximum atomic E-state index is 12.2. The van der Waals surface area contributed by atoms with Gasteiger partial charge in [0, 0.05) is 19.1 Å². The summed E-state index contributed by atoms with van der Waals surface area (Å²) in [7, 11) is -3.41. The molecule has 6 nitrogen and oxygen atoms in total. The van der Waals surface area contributed by atoms with Crippen LogP contribution in [0.1, 0.15) is 52.9 Å². The maximum absolute atomic E-state index is 12.2. The number of hydrogen-bond donors (Lipinski definition) is 2. The van der Waals surface area contributed by atoms with Gasteiger partial charge in [-0.05, 0) is 38.5 Å². The van der Waals surface area contributed by atoms with Crippen molar-refractivity contribution in [2.24, 2.45) is 11.8 Å². The Kier molecular flexibility index (Phi) is 7.09. The molecule has 7 heteroatoms. The van der Waals surface area contributed by atoms with E-state index >= 15 is 0 Å². The molecule has 0 radical (unpaired) electrons. The number of rotatable bonds is 8. The summed E-state index contributed by atoms with van der Waals surface area (Å²) in [6.45, 7) is 6.81. The fourth-order valence-electron chi connectivity index (χ4n) is 2.47. The number of nitrogens with zero attached hydrogens (tertiary/aromatic N) is 1. The van der Waals surface area contributed by atoms with E-state index in [0.29, 0.717) is 38.3 Å². The van der Waals surface area contributed by atoms with Crippen molar-refractivity contribution >= 4 is 16.2 Å².